The molecule has 0 fully saturated rings. The molecule has 0 aliphatic rings. The Morgan fingerprint density at radius 1 is 1.04 bits per heavy atom. The van der Waals surface area contributed by atoms with Gasteiger partial charge in [-0.1, -0.05) is 19.1 Å². The standard InChI is InChI=1S/C20H22N6O2/c1-4-20(2,3)23-18(27)14-9-11-15(12-10-14)22-19(28)16-7-5-6-8-17(16)26-13-21-24-25-26/h5-13H,4H2,1-3H3,(H,22,28)(H,23,27). The molecule has 3 aromatic rings. The van der Waals surface area contributed by atoms with Crippen LogP contribution >= 0.6 is 0 Å². The Morgan fingerprint density at radius 3 is 2.39 bits per heavy atom. The number of tetrazole rings is 1. The maximum absolute atomic E-state index is 12.7. The van der Waals surface area contributed by atoms with Crippen molar-refractivity contribution >= 4 is 17.5 Å². The van der Waals surface area contributed by atoms with Gasteiger partial charge in [-0.2, -0.15) is 4.68 Å². The average Bonchev–Trinajstić information content (AvgIpc) is 3.23. The van der Waals surface area contributed by atoms with Crippen LogP contribution in [-0.4, -0.2) is 37.6 Å². The summed E-state index contributed by atoms with van der Waals surface area (Å²) in [6.45, 7) is 5.97. The normalized spacial score (nSPS) is 11.1. The molecule has 0 spiro atoms. The molecule has 0 atom stereocenters. The fourth-order valence-electron chi connectivity index (χ4n) is 2.51. The molecule has 0 radical (unpaired) electrons. The van der Waals surface area contributed by atoms with E-state index in [0.717, 1.165) is 6.42 Å². The maximum Gasteiger partial charge on any atom is 0.257 e. The number of nitrogens with one attached hydrogen (secondary N) is 2. The highest BCUT2D eigenvalue weighted by atomic mass is 16.2. The summed E-state index contributed by atoms with van der Waals surface area (Å²) in [6.07, 6.45) is 2.25. The van der Waals surface area contributed by atoms with Gasteiger partial charge in [-0.25, -0.2) is 0 Å². The molecule has 0 unspecified atom stereocenters. The van der Waals surface area contributed by atoms with Crippen molar-refractivity contribution in [2.45, 2.75) is 32.7 Å². The Balaban J connectivity index is 1.73. The molecule has 0 bridgehead atoms. The zero-order chi connectivity index (χ0) is 20.1. The van der Waals surface area contributed by atoms with E-state index >= 15 is 0 Å². The summed E-state index contributed by atoms with van der Waals surface area (Å²) in [5.41, 5.74) is 1.85. The molecule has 8 nitrogen and oxygen atoms in total. The van der Waals surface area contributed by atoms with Crippen molar-refractivity contribution in [3.05, 3.63) is 66.0 Å². The largest absolute Gasteiger partial charge is 0.347 e. The van der Waals surface area contributed by atoms with Crippen molar-refractivity contribution < 1.29 is 9.59 Å². The highest BCUT2D eigenvalue weighted by Crippen LogP contribution is 2.17. The number of hydrogen-bond donors (Lipinski definition) is 2. The lowest BCUT2D eigenvalue weighted by Crippen LogP contribution is -2.42. The van der Waals surface area contributed by atoms with Crippen LogP contribution in [0.1, 0.15) is 47.9 Å². The van der Waals surface area contributed by atoms with Gasteiger partial charge in [0.2, 0.25) is 0 Å². The third kappa shape index (κ3) is 4.40. The molecule has 0 saturated heterocycles. The molecule has 2 aromatic carbocycles. The van der Waals surface area contributed by atoms with Gasteiger partial charge in [0, 0.05) is 16.8 Å². The lowest BCUT2D eigenvalue weighted by atomic mass is 10.0. The third-order valence-corrected chi connectivity index (χ3v) is 4.49. The van der Waals surface area contributed by atoms with Gasteiger partial charge in [-0.3, -0.25) is 9.59 Å². The smallest absolute Gasteiger partial charge is 0.257 e. The first kappa shape index (κ1) is 19.2. The van der Waals surface area contributed by atoms with E-state index in [-0.39, 0.29) is 17.4 Å². The van der Waals surface area contributed by atoms with Crippen LogP contribution in [0.15, 0.2) is 54.9 Å². The van der Waals surface area contributed by atoms with Crippen LogP contribution in [0, 0.1) is 0 Å². The Bertz CT molecular complexity index is 965. The fourth-order valence-corrected chi connectivity index (χ4v) is 2.51. The molecule has 3 rings (SSSR count). The van der Waals surface area contributed by atoms with Crippen molar-refractivity contribution in [1.82, 2.24) is 25.5 Å². The molecule has 1 heterocycles. The molecule has 8 heteroatoms. The number of carbonyl (C=O) groups is 2. The Labute approximate surface area is 163 Å². The van der Waals surface area contributed by atoms with Crippen molar-refractivity contribution in [2.75, 3.05) is 5.32 Å². The molecule has 28 heavy (non-hydrogen) atoms. The fraction of sp³-hybridized carbons (Fsp3) is 0.250. The van der Waals surface area contributed by atoms with E-state index in [9.17, 15) is 9.59 Å². The summed E-state index contributed by atoms with van der Waals surface area (Å²) in [5.74, 6) is -0.441. The minimum Gasteiger partial charge on any atom is -0.347 e. The van der Waals surface area contributed by atoms with Crippen LogP contribution in [0.25, 0.3) is 5.69 Å². The number of hydrogen-bond acceptors (Lipinski definition) is 5. The quantitative estimate of drug-likeness (QED) is 0.687. The zero-order valence-corrected chi connectivity index (χ0v) is 16.0. The number of carbonyl (C=O) groups excluding carboxylic acids is 2. The third-order valence-electron chi connectivity index (χ3n) is 4.49. The van der Waals surface area contributed by atoms with E-state index in [1.165, 1.54) is 11.0 Å². The van der Waals surface area contributed by atoms with Crippen LogP contribution in [0.2, 0.25) is 0 Å². The lowest BCUT2D eigenvalue weighted by molar-refractivity contribution is 0.0911. The lowest BCUT2D eigenvalue weighted by Gasteiger charge is -2.24. The first-order chi connectivity index (χ1) is 13.4. The van der Waals surface area contributed by atoms with E-state index in [1.54, 1.807) is 48.5 Å². The van der Waals surface area contributed by atoms with E-state index in [2.05, 4.69) is 26.2 Å². The van der Waals surface area contributed by atoms with Gasteiger partial charge in [0.25, 0.3) is 11.8 Å². The summed E-state index contributed by atoms with van der Waals surface area (Å²) in [7, 11) is 0. The van der Waals surface area contributed by atoms with Gasteiger partial charge in [-0.15, -0.1) is 5.10 Å². The van der Waals surface area contributed by atoms with Gasteiger partial charge in [-0.05, 0) is 67.1 Å². The van der Waals surface area contributed by atoms with Crippen LogP contribution < -0.4 is 10.6 Å². The van der Waals surface area contributed by atoms with Crippen LogP contribution in [0.5, 0.6) is 0 Å². The van der Waals surface area contributed by atoms with Gasteiger partial charge in [0.05, 0.1) is 11.3 Å². The predicted molar refractivity (Wildman–Crippen MR) is 105 cm³/mol. The van der Waals surface area contributed by atoms with Crippen molar-refractivity contribution in [1.29, 1.82) is 0 Å². The Kier molecular flexibility index (Phi) is 5.49. The number of amides is 2. The Morgan fingerprint density at radius 2 is 1.75 bits per heavy atom. The number of aromatic nitrogens is 4. The first-order valence-electron chi connectivity index (χ1n) is 8.96. The van der Waals surface area contributed by atoms with Crippen LogP contribution in [0.3, 0.4) is 0 Å². The number of para-hydroxylation sites is 1. The molecular weight excluding hydrogens is 356 g/mol. The molecule has 2 N–H and O–H groups in total. The summed E-state index contributed by atoms with van der Waals surface area (Å²) in [6, 6.07) is 13.8. The summed E-state index contributed by atoms with van der Waals surface area (Å²) < 4.78 is 1.43. The number of benzene rings is 2. The van der Waals surface area contributed by atoms with E-state index < -0.39 is 0 Å². The van der Waals surface area contributed by atoms with Crippen LogP contribution in [0.4, 0.5) is 5.69 Å². The topological polar surface area (TPSA) is 102 Å². The second-order valence-electron chi connectivity index (χ2n) is 6.99. The molecule has 2 amide bonds. The van der Waals surface area contributed by atoms with Crippen molar-refractivity contribution in [3.8, 4) is 5.69 Å². The maximum atomic E-state index is 12.7. The van der Waals surface area contributed by atoms with Crippen LogP contribution in [-0.2, 0) is 0 Å². The van der Waals surface area contributed by atoms with E-state index in [1.807, 2.05) is 20.8 Å². The second-order valence-corrected chi connectivity index (χ2v) is 6.99. The summed E-state index contributed by atoms with van der Waals surface area (Å²) in [4.78, 5) is 25.0. The molecule has 0 aliphatic carbocycles. The highest BCUT2D eigenvalue weighted by molar-refractivity contribution is 6.07. The number of nitrogens with zero attached hydrogens (tertiary/aromatic N) is 4. The first-order valence-corrected chi connectivity index (χ1v) is 8.96. The van der Waals surface area contributed by atoms with Gasteiger partial charge < -0.3 is 10.6 Å². The van der Waals surface area contributed by atoms with Gasteiger partial charge in [0.15, 0.2) is 0 Å². The zero-order valence-electron chi connectivity index (χ0n) is 16.0. The van der Waals surface area contributed by atoms with Gasteiger partial charge in [0.1, 0.15) is 6.33 Å². The van der Waals surface area contributed by atoms with Crippen molar-refractivity contribution in [3.63, 3.8) is 0 Å². The summed E-state index contributed by atoms with van der Waals surface area (Å²) in [5, 5.41) is 16.9. The summed E-state index contributed by atoms with van der Waals surface area (Å²) >= 11 is 0. The molecule has 144 valence electrons. The number of anilines is 1. The Hall–Kier alpha value is -3.55. The molecule has 0 aliphatic heterocycles. The minimum atomic E-state index is -0.296. The highest BCUT2D eigenvalue weighted by Gasteiger charge is 2.19. The van der Waals surface area contributed by atoms with E-state index in [4.69, 9.17) is 0 Å². The molecule has 0 saturated carbocycles. The average molecular weight is 378 g/mol. The van der Waals surface area contributed by atoms with Gasteiger partial charge >= 0.3 is 0 Å². The molecule has 1 aromatic heterocycles. The minimum absolute atomic E-state index is 0.145. The predicted octanol–water partition coefficient (Wildman–Crippen LogP) is 2.83. The monoisotopic (exact) mass is 378 g/mol. The SMILES string of the molecule is CCC(C)(C)NC(=O)c1ccc(NC(=O)c2ccccc2-n2cnnn2)cc1. The molecular formula is C20H22N6O2. The van der Waals surface area contributed by atoms with Crippen molar-refractivity contribution in [2.24, 2.45) is 0 Å². The van der Waals surface area contributed by atoms with E-state index in [0.29, 0.717) is 22.5 Å². The number of rotatable bonds is 6. The second kappa shape index (κ2) is 7.99.